The van der Waals surface area contributed by atoms with Crippen LogP contribution >= 0.6 is 31.1 Å². The molecule has 0 fully saturated rings. The highest BCUT2D eigenvalue weighted by atomic mass is 35.5. The molecule has 2 rings (SSSR count). The third kappa shape index (κ3) is 4.04. The SMILES string of the molecule is O=C(C(Cl)Cl)P(Cc1ccccc1)c1ccccc1. The van der Waals surface area contributed by atoms with Crippen LogP contribution in [-0.2, 0) is 11.0 Å². The number of rotatable bonds is 5. The van der Waals surface area contributed by atoms with Crippen LogP contribution in [0.3, 0.4) is 0 Å². The number of benzene rings is 2. The first-order chi connectivity index (χ1) is 9.18. The number of carbonyl (C=O) groups is 1. The lowest BCUT2D eigenvalue weighted by atomic mass is 10.2. The van der Waals surface area contributed by atoms with Gasteiger partial charge in [0.1, 0.15) is 0 Å². The molecule has 0 spiro atoms. The largest absolute Gasteiger partial charge is 0.291 e. The lowest BCUT2D eigenvalue weighted by Gasteiger charge is -2.17. The van der Waals surface area contributed by atoms with Gasteiger partial charge in [-0.05, 0) is 10.9 Å². The molecule has 2 aromatic rings. The van der Waals surface area contributed by atoms with Crippen molar-refractivity contribution in [1.29, 1.82) is 0 Å². The maximum atomic E-state index is 12.2. The van der Waals surface area contributed by atoms with Crippen molar-refractivity contribution in [2.45, 2.75) is 11.0 Å². The van der Waals surface area contributed by atoms with Crippen molar-refractivity contribution in [2.75, 3.05) is 0 Å². The van der Waals surface area contributed by atoms with Crippen LogP contribution in [0, 0.1) is 0 Å². The van der Waals surface area contributed by atoms with Gasteiger partial charge in [0, 0.05) is 14.1 Å². The summed E-state index contributed by atoms with van der Waals surface area (Å²) >= 11 is 11.5. The van der Waals surface area contributed by atoms with Gasteiger partial charge in [0.15, 0.2) is 10.4 Å². The molecule has 4 heteroatoms. The van der Waals surface area contributed by atoms with E-state index in [-0.39, 0.29) is 5.52 Å². The van der Waals surface area contributed by atoms with E-state index in [1.807, 2.05) is 60.7 Å². The first-order valence-electron chi connectivity index (χ1n) is 5.87. The summed E-state index contributed by atoms with van der Waals surface area (Å²) in [6.45, 7) is 0. The highest BCUT2D eigenvalue weighted by Gasteiger charge is 2.25. The molecule has 1 unspecified atom stereocenters. The fourth-order valence-corrected chi connectivity index (χ4v) is 4.43. The Labute approximate surface area is 124 Å². The Bertz CT molecular complexity index is 528. The van der Waals surface area contributed by atoms with Crippen LogP contribution < -0.4 is 5.30 Å². The Hall–Kier alpha value is -0.880. The van der Waals surface area contributed by atoms with E-state index in [2.05, 4.69) is 0 Å². The fraction of sp³-hybridized carbons (Fsp3) is 0.133. The smallest absolute Gasteiger partial charge is 0.191 e. The Kier molecular flexibility index (Phi) is 5.39. The summed E-state index contributed by atoms with van der Waals surface area (Å²) in [5.41, 5.74) is 1.04. The third-order valence-corrected chi connectivity index (χ3v) is 5.80. The summed E-state index contributed by atoms with van der Waals surface area (Å²) < 4.78 is 0. The van der Waals surface area contributed by atoms with Crippen molar-refractivity contribution in [2.24, 2.45) is 0 Å². The van der Waals surface area contributed by atoms with Gasteiger partial charge in [-0.15, -0.1) is 0 Å². The van der Waals surface area contributed by atoms with E-state index in [4.69, 9.17) is 23.2 Å². The zero-order valence-corrected chi connectivity index (χ0v) is 12.6. The van der Waals surface area contributed by atoms with Gasteiger partial charge in [-0.1, -0.05) is 83.9 Å². The predicted molar refractivity (Wildman–Crippen MR) is 83.6 cm³/mol. The summed E-state index contributed by atoms with van der Waals surface area (Å²) in [4.78, 5) is 11.2. The Morgan fingerprint density at radius 1 is 0.947 bits per heavy atom. The van der Waals surface area contributed by atoms with Crippen molar-refractivity contribution in [3.05, 3.63) is 66.2 Å². The molecule has 0 aliphatic heterocycles. The molecule has 0 N–H and O–H groups in total. The second-order valence-electron chi connectivity index (χ2n) is 4.05. The van der Waals surface area contributed by atoms with Gasteiger partial charge in [0.2, 0.25) is 0 Å². The molecule has 0 aliphatic carbocycles. The molecule has 0 bridgehead atoms. The van der Waals surface area contributed by atoms with E-state index >= 15 is 0 Å². The Morgan fingerprint density at radius 2 is 1.47 bits per heavy atom. The van der Waals surface area contributed by atoms with Crippen LogP contribution in [-0.4, -0.2) is 10.4 Å². The first kappa shape index (κ1) is 14.5. The van der Waals surface area contributed by atoms with Crippen LogP contribution in [0.5, 0.6) is 0 Å². The maximum absolute atomic E-state index is 12.2. The van der Waals surface area contributed by atoms with Crippen LogP contribution in [0.4, 0.5) is 0 Å². The summed E-state index contributed by atoms with van der Waals surface area (Å²) in [5.74, 6) is 0. The topological polar surface area (TPSA) is 17.1 Å². The molecule has 98 valence electrons. The van der Waals surface area contributed by atoms with Crippen LogP contribution in [0.25, 0.3) is 0 Å². The molecular formula is C15H13Cl2OP. The Morgan fingerprint density at radius 3 is 2.00 bits per heavy atom. The number of carbonyl (C=O) groups excluding carboxylic acids is 1. The van der Waals surface area contributed by atoms with Crippen molar-refractivity contribution in [1.82, 2.24) is 0 Å². The molecule has 0 saturated heterocycles. The van der Waals surface area contributed by atoms with E-state index in [1.54, 1.807) is 0 Å². The molecular weight excluding hydrogens is 298 g/mol. The number of hydrogen-bond acceptors (Lipinski definition) is 1. The Balaban J connectivity index is 2.28. The minimum absolute atomic E-state index is 0.0895. The van der Waals surface area contributed by atoms with Crippen LogP contribution in [0.1, 0.15) is 5.56 Å². The summed E-state index contributed by atoms with van der Waals surface area (Å²) in [5, 5.41) is 1.01. The summed E-state index contributed by atoms with van der Waals surface area (Å²) in [6.07, 6.45) is 0.676. The molecule has 0 radical (unpaired) electrons. The van der Waals surface area contributed by atoms with Crippen molar-refractivity contribution in [3.63, 3.8) is 0 Å². The quantitative estimate of drug-likeness (QED) is 0.593. The molecule has 0 heterocycles. The van der Waals surface area contributed by atoms with Crippen molar-refractivity contribution < 1.29 is 4.79 Å². The molecule has 19 heavy (non-hydrogen) atoms. The molecule has 1 atom stereocenters. The van der Waals surface area contributed by atoms with Crippen LogP contribution in [0.2, 0.25) is 0 Å². The number of hydrogen-bond donors (Lipinski definition) is 0. The van der Waals surface area contributed by atoms with E-state index in [1.165, 1.54) is 0 Å². The number of halogens is 2. The van der Waals surface area contributed by atoms with Crippen molar-refractivity contribution in [3.8, 4) is 0 Å². The third-order valence-electron chi connectivity index (χ3n) is 2.70. The van der Waals surface area contributed by atoms with Gasteiger partial charge in [-0.25, -0.2) is 0 Å². The minimum Gasteiger partial charge on any atom is -0.291 e. The molecule has 0 saturated carbocycles. The number of alkyl halides is 2. The fourth-order valence-electron chi connectivity index (χ4n) is 1.79. The molecule has 1 nitrogen and oxygen atoms in total. The average molecular weight is 311 g/mol. The summed E-state index contributed by atoms with van der Waals surface area (Å²) in [7, 11) is -1.04. The van der Waals surface area contributed by atoms with E-state index in [0.29, 0.717) is 6.16 Å². The second-order valence-corrected chi connectivity index (χ2v) is 7.27. The van der Waals surface area contributed by atoms with Gasteiger partial charge in [-0.3, -0.25) is 4.79 Å². The normalized spacial score (nSPS) is 12.4. The van der Waals surface area contributed by atoms with Gasteiger partial charge in [-0.2, -0.15) is 0 Å². The zero-order valence-electron chi connectivity index (χ0n) is 10.2. The van der Waals surface area contributed by atoms with Gasteiger partial charge in [0.25, 0.3) is 0 Å². The molecule has 2 aromatic carbocycles. The predicted octanol–water partition coefficient (Wildman–Crippen LogP) is 4.32. The van der Waals surface area contributed by atoms with Gasteiger partial charge >= 0.3 is 0 Å². The van der Waals surface area contributed by atoms with E-state index in [9.17, 15) is 4.79 Å². The molecule has 0 aliphatic rings. The average Bonchev–Trinajstić information content (AvgIpc) is 2.46. The zero-order chi connectivity index (χ0) is 13.7. The summed E-state index contributed by atoms with van der Waals surface area (Å²) in [6, 6.07) is 19.7. The highest BCUT2D eigenvalue weighted by molar-refractivity contribution is 7.81. The van der Waals surface area contributed by atoms with Gasteiger partial charge < -0.3 is 0 Å². The molecule has 0 amide bonds. The first-order valence-corrected chi connectivity index (χ1v) is 8.27. The second kappa shape index (κ2) is 7.05. The minimum atomic E-state index is -1.04. The van der Waals surface area contributed by atoms with Crippen molar-refractivity contribution >= 4 is 42.0 Å². The maximum Gasteiger partial charge on any atom is 0.191 e. The highest BCUT2D eigenvalue weighted by Crippen LogP contribution is 2.42. The standard InChI is InChI=1S/C15H13Cl2OP/c16-14(17)15(18)19(13-9-5-2-6-10-13)11-12-7-3-1-4-8-12/h1-10,14H,11H2. The van der Waals surface area contributed by atoms with Gasteiger partial charge in [0.05, 0.1) is 0 Å². The molecule has 0 aromatic heterocycles. The van der Waals surface area contributed by atoms with E-state index in [0.717, 1.165) is 10.9 Å². The monoisotopic (exact) mass is 310 g/mol. The van der Waals surface area contributed by atoms with Crippen LogP contribution in [0.15, 0.2) is 60.7 Å². The van der Waals surface area contributed by atoms with E-state index < -0.39 is 12.8 Å². The lowest BCUT2D eigenvalue weighted by Crippen LogP contribution is -2.15. The lowest BCUT2D eigenvalue weighted by molar-refractivity contribution is -0.110.